The summed E-state index contributed by atoms with van der Waals surface area (Å²) in [5.41, 5.74) is 1.90. The number of aliphatic hydroxyl groups is 3. The van der Waals surface area contributed by atoms with Crippen LogP contribution in [0.2, 0.25) is 0 Å². The van der Waals surface area contributed by atoms with E-state index in [2.05, 4.69) is 10.6 Å². The molecule has 12 heteroatoms. The van der Waals surface area contributed by atoms with E-state index in [1.807, 2.05) is 19.1 Å². The topological polar surface area (TPSA) is 203 Å². The largest absolute Gasteiger partial charge is 0.508 e. The Bertz CT molecular complexity index is 1360. The maximum Gasteiger partial charge on any atom is 0.255 e. The second-order valence-corrected chi connectivity index (χ2v) is 10.2. The number of hydrogen-bond acceptors (Lipinski definition) is 10. The number of amides is 2. The summed E-state index contributed by atoms with van der Waals surface area (Å²) in [6.45, 7) is 2.28. The van der Waals surface area contributed by atoms with Crippen LogP contribution in [0.25, 0.3) is 5.76 Å². The Labute approximate surface area is 224 Å². The molecule has 0 bridgehead atoms. The average molecular weight is 541 g/mol. The molecule has 1 fully saturated rings. The van der Waals surface area contributed by atoms with Crippen LogP contribution in [-0.2, 0) is 25.6 Å². The van der Waals surface area contributed by atoms with Crippen molar-refractivity contribution in [3.8, 4) is 5.75 Å². The highest BCUT2D eigenvalue weighted by atomic mass is 16.3. The molecule has 0 spiro atoms. The number of rotatable bonds is 7. The van der Waals surface area contributed by atoms with Gasteiger partial charge in [0.05, 0.1) is 23.8 Å². The van der Waals surface area contributed by atoms with Gasteiger partial charge in [-0.2, -0.15) is 0 Å². The predicted molar refractivity (Wildman–Crippen MR) is 141 cm³/mol. The number of hydrogen-bond donors (Lipinski definition) is 7. The number of phenolic OH excluding ortho intramolecular Hbond substituents is 1. The Morgan fingerprint density at radius 2 is 1.90 bits per heavy atom. The zero-order valence-electron chi connectivity index (χ0n) is 21.8. The summed E-state index contributed by atoms with van der Waals surface area (Å²) < 4.78 is 0. The molecule has 1 aromatic rings. The summed E-state index contributed by atoms with van der Waals surface area (Å²) >= 11 is 0. The van der Waals surface area contributed by atoms with E-state index in [-0.39, 0.29) is 36.2 Å². The van der Waals surface area contributed by atoms with E-state index in [1.54, 1.807) is 6.07 Å². The second-order valence-electron chi connectivity index (χ2n) is 10.2. The highest BCUT2D eigenvalue weighted by Gasteiger charge is 2.64. The lowest BCUT2D eigenvalue weighted by Gasteiger charge is -2.50. The fourth-order valence-electron chi connectivity index (χ4n) is 5.90. The highest BCUT2D eigenvalue weighted by molar-refractivity contribution is 6.24. The van der Waals surface area contributed by atoms with E-state index in [9.17, 15) is 39.6 Å². The zero-order chi connectivity index (χ0) is 28.8. The molecular formula is C27H32N4O8. The van der Waals surface area contributed by atoms with Crippen LogP contribution in [0.15, 0.2) is 41.2 Å². The minimum absolute atomic E-state index is 0.00286. The molecular weight excluding hydrogens is 508 g/mol. The van der Waals surface area contributed by atoms with Crippen molar-refractivity contribution in [1.29, 1.82) is 0 Å². The van der Waals surface area contributed by atoms with Gasteiger partial charge in [-0.3, -0.25) is 24.1 Å². The van der Waals surface area contributed by atoms with E-state index in [0.717, 1.165) is 0 Å². The number of ketones is 2. The van der Waals surface area contributed by atoms with Crippen molar-refractivity contribution in [2.24, 2.45) is 17.6 Å². The van der Waals surface area contributed by atoms with Gasteiger partial charge in [0.2, 0.25) is 11.7 Å². The van der Waals surface area contributed by atoms with Crippen LogP contribution in [0.4, 0.5) is 5.69 Å². The third kappa shape index (κ3) is 4.40. The molecule has 3 aliphatic rings. The molecule has 2 unspecified atom stereocenters. The second kappa shape index (κ2) is 10.3. The van der Waals surface area contributed by atoms with Gasteiger partial charge in [0.15, 0.2) is 11.4 Å². The van der Waals surface area contributed by atoms with Crippen molar-refractivity contribution < 1.29 is 39.6 Å². The molecule has 0 aromatic heterocycles. The van der Waals surface area contributed by atoms with E-state index in [1.165, 1.54) is 25.1 Å². The normalized spacial score (nSPS) is 26.5. The number of Topliss-reactive ketones (excluding diaryl/α,β-unsaturated/α-hetero) is 2. The predicted octanol–water partition coefficient (Wildman–Crippen LogP) is 0.0682. The molecule has 8 N–H and O–H groups in total. The van der Waals surface area contributed by atoms with Crippen molar-refractivity contribution in [2.75, 3.05) is 32.5 Å². The number of nitrogens with two attached hydrogens (primary N) is 1. The summed E-state index contributed by atoms with van der Waals surface area (Å²) in [5.74, 6) is -7.68. The Kier molecular flexibility index (Phi) is 7.39. The molecule has 3 aliphatic carbocycles. The van der Waals surface area contributed by atoms with Crippen molar-refractivity contribution in [3.63, 3.8) is 0 Å². The van der Waals surface area contributed by atoms with Crippen LogP contribution in [0.5, 0.6) is 5.75 Å². The van der Waals surface area contributed by atoms with Gasteiger partial charge in [0, 0.05) is 18.0 Å². The molecule has 208 valence electrons. The van der Waals surface area contributed by atoms with Crippen LogP contribution < -0.4 is 16.4 Å². The van der Waals surface area contributed by atoms with Gasteiger partial charge in [0.25, 0.3) is 5.91 Å². The molecule has 0 saturated heterocycles. The van der Waals surface area contributed by atoms with Crippen molar-refractivity contribution in [2.45, 2.75) is 31.4 Å². The van der Waals surface area contributed by atoms with Gasteiger partial charge < -0.3 is 36.8 Å². The molecule has 12 nitrogen and oxygen atoms in total. The molecule has 0 heterocycles. The van der Waals surface area contributed by atoms with Crippen LogP contribution >= 0.6 is 0 Å². The van der Waals surface area contributed by atoms with E-state index >= 15 is 0 Å². The number of carbonyl (C=O) groups excluding carboxylic acids is 4. The maximum absolute atomic E-state index is 13.8. The number of likely N-dealkylation sites (N-methyl/N-ethyl adjacent to an activating group) is 1. The number of phenols is 1. The smallest absolute Gasteiger partial charge is 0.255 e. The summed E-state index contributed by atoms with van der Waals surface area (Å²) in [6, 6.07) is 1.95. The lowest BCUT2D eigenvalue weighted by Crippen LogP contribution is -2.65. The third-order valence-electron chi connectivity index (χ3n) is 7.65. The number of aliphatic hydroxyl groups excluding tert-OH is 2. The fourth-order valence-corrected chi connectivity index (χ4v) is 5.90. The molecule has 1 aromatic carbocycles. The first kappa shape index (κ1) is 28.0. The third-order valence-corrected chi connectivity index (χ3v) is 7.65. The molecule has 2 amide bonds. The SMILES string of the molecule is CC=CCNCC(=O)Nc1ccc2c(c1O)C(O)=C1C(=O)[C@]3(O)C(O)=C(C(N)=O)C(=O)[C@@H](N(C)C)C3CC1C2. The van der Waals surface area contributed by atoms with Crippen LogP contribution in [-0.4, -0.2) is 87.5 Å². The number of fused-ring (bicyclic) bond motifs is 3. The van der Waals surface area contributed by atoms with Gasteiger partial charge in [-0.25, -0.2) is 0 Å². The number of allylic oxidation sites excluding steroid dienone is 1. The average Bonchev–Trinajstić information content (AvgIpc) is 2.85. The Morgan fingerprint density at radius 1 is 1.21 bits per heavy atom. The number of anilines is 1. The van der Waals surface area contributed by atoms with E-state index in [4.69, 9.17) is 5.73 Å². The molecule has 0 radical (unpaired) electrons. The van der Waals surface area contributed by atoms with E-state index < -0.39 is 69.7 Å². The van der Waals surface area contributed by atoms with Gasteiger partial charge in [-0.15, -0.1) is 0 Å². The zero-order valence-corrected chi connectivity index (χ0v) is 21.8. The molecule has 4 rings (SSSR count). The first-order valence-electron chi connectivity index (χ1n) is 12.5. The van der Waals surface area contributed by atoms with Crippen molar-refractivity contribution in [1.82, 2.24) is 10.2 Å². The monoisotopic (exact) mass is 540 g/mol. The number of primary amides is 1. The molecule has 4 atom stereocenters. The number of nitrogens with zero attached hydrogens (tertiary/aromatic N) is 1. The Morgan fingerprint density at radius 3 is 2.51 bits per heavy atom. The first-order chi connectivity index (χ1) is 18.4. The molecule has 1 saturated carbocycles. The fraction of sp³-hybridized carbons (Fsp3) is 0.407. The van der Waals surface area contributed by atoms with Crippen molar-refractivity contribution in [3.05, 3.63) is 52.3 Å². The summed E-state index contributed by atoms with van der Waals surface area (Å²) in [4.78, 5) is 52.7. The summed E-state index contributed by atoms with van der Waals surface area (Å²) in [5, 5.41) is 50.2. The van der Waals surface area contributed by atoms with Crippen LogP contribution in [0.3, 0.4) is 0 Å². The quantitative estimate of drug-likeness (QED) is 0.107. The van der Waals surface area contributed by atoms with Crippen LogP contribution in [0, 0.1) is 11.8 Å². The number of nitrogens with one attached hydrogen (secondary N) is 2. The number of aromatic hydroxyl groups is 1. The van der Waals surface area contributed by atoms with E-state index in [0.29, 0.717) is 12.1 Å². The Balaban J connectivity index is 1.77. The Hall–Kier alpha value is -4.00. The summed E-state index contributed by atoms with van der Waals surface area (Å²) in [6.07, 6.45) is 3.82. The minimum atomic E-state index is -2.70. The van der Waals surface area contributed by atoms with Gasteiger partial charge in [-0.05, 0) is 51.4 Å². The highest BCUT2D eigenvalue weighted by Crippen LogP contribution is 2.53. The standard InChI is InChI=1S/C27H32N4O8/c1-4-5-8-29-11-16(32)30-15-7-6-12-9-13-10-14-20(31(2)3)23(35)19(26(28)38)25(37)27(14,39)24(36)18(13)22(34)17(12)21(15)33/h4-7,13-14,20,29,33-34,37,39H,8-11H2,1-3H3,(H2,28,38)(H,30,32)/t13?,14?,20-,27-/m0/s1. The lowest BCUT2D eigenvalue weighted by atomic mass is 9.57. The first-order valence-corrected chi connectivity index (χ1v) is 12.5. The number of benzene rings is 1. The van der Waals surface area contributed by atoms with Gasteiger partial charge in [0.1, 0.15) is 22.8 Å². The maximum atomic E-state index is 13.8. The van der Waals surface area contributed by atoms with Crippen LogP contribution in [0.1, 0.15) is 24.5 Å². The molecule has 0 aliphatic heterocycles. The summed E-state index contributed by atoms with van der Waals surface area (Å²) in [7, 11) is 3.08. The lowest BCUT2D eigenvalue weighted by molar-refractivity contribution is -0.153. The van der Waals surface area contributed by atoms with Crippen molar-refractivity contribution >= 4 is 34.8 Å². The number of carbonyl (C=O) groups is 4. The minimum Gasteiger partial charge on any atom is -0.508 e. The van der Waals surface area contributed by atoms with Gasteiger partial charge >= 0.3 is 0 Å². The van der Waals surface area contributed by atoms with Gasteiger partial charge in [-0.1, -0.05) is 18.2 Å². The molecule has 39 heavy (non-hydrogen) atoms.